The lowest BCUT2D eigenvalue weighted by molar-refractivity contribution is 0.0536. The molecule has 152 valence electrons. The second-order valence-corrected chi connectivity index (χ2v) is 6.88. The number of likely N-dealkylation sites (tertiary alicyclic amines) is 1. The van der Waals surface area contributed by atoms with Crippen LogP contribution in [0.5, 0.6) is 5.75 Å². The van der Waals surface area contributed by atoms with Gasteiger partial charge in [-0.05, 0) is 27.2 Å². The first kappa shape index (κ1) is 21.4. The van der Waals surface area contributed by atoms with Crippen LogP contribution in [-0.4, -0.2) is 69.5 Å². The first-order valence-corrected chi connectivity index (χ1v) is 9.69. The molecule has 0 amide bonds. The van der Waals surface area contributed by atoms with Gasteiger partial charge in [-0.25, -0.2) is 4.99 Å². The smallest absolute Gasteiger partial charge is 0.194 e. The summed E-state index contributed by atoms with van der Waals surface area (Å²) in [5.74, 6) is 2.37. The van der Waals surface area contributed by atoms with Crippen LogP contribution in [0.4, 0.5) is 0 Å². The summed E-state index contributed by atoms with van der Waals surface area (Å²) in [5, 5.41) is 3.41. The number of ether oxygens (including phenoxy) is 3. The van der Waals surface area contributed by atoms with Crippen molar-refractivity contribution in [3.05, 3.63) is 23.0 Å². The number of guanidine groups is 1. The molecule has 0 aliphatic carbocycles. The van der Waals surface area contributed by atoms with E-state index in [0.29, 0.717) is 25.7 Å². The Morgan fingerprint density at radius 2 is 2.15 bits per heavy atom. The van der Waals surface area contributed by atoms with E-state index in [1.807, 2.05) is 20.0 Å². The Hall–Kier alpha value is -1.86. The van der Waals surface area contributed by atoms with Gasteiger partial charge in [0, 0.05) is 50.0 Å². The van der Waals surface area contributed by atoms with Gasteiger partial charge in [0.05, 0.1) is 39.2 Å². The molecule has 2 heterocycles. The number of nitrogens with zero attached hydrogens (tertiary/aromatic N) is 3. The van der Waals surface area contributed by atoms with Crippen molar-refractivity contribution >= 4 is 5.96 Å². The molecule has 1 N–H and O–H groups in total. The molecule has 1 aromatic rings. The maximum Gasteiger partial charge on any atom is 0.194 e. The second-order valence-electron chi connectivity index (χ2n) is 6.88. The Morgan fingerprint density at radius 3 is 2.85 bits per heavy atom. The number of aliphatic imine (C=N–C) groups is 1. The largest absolute Gasteiger partial charge is 0.496 e. The Kier molecular flexibility index (Phi) is 8.81. The second kappa shape index (κ2) is 11.1. The van der Waals surface area contributed by atoms with E-state index in [9.17, 15) is 0 Å². The minimum Gasteiger partial charge on any atom is -0.496 e. The Balaban J connectivity index is 1.99. The van der Waals surface area contributed by atoms with Crippen LogP contribution in [0.3, 0.4) is 0 Å². The number of rotatable bonds is 9. The maximum atomic E-state index is 5.69. The molecule has 0 bridgehead atoms. The van der Waals surface area contributed by atoms with Crippen molar-refractivity contribution in [1.29, 1.82) is 0 Å². The topological polar surface area (TPSA) is 68.2 Å². The molecule has 1 unspecified atom stereocenters. The Morgan fingerprint density at radius 1 is 1.33 bits per heavy atom. The highest BCUT2D eigenvalue weighted by atomic mass is 16.5. The quantitative estimate of drug-likeness (QED) is 0.403. The number of hydrogen-bond acceptors (Lipinski definition) is 5. The van der Waals surface area contributed by atoms with Gasteiger partial charge < -0.3 is 24.4 Å². The van der Waals surface area contributed by atoms with Crippen molar-refractivity contribution < 1.29 is 14.2 Å². The highest BCUT2D eigenvalue weighted by molar-refractivity contribution is 5.80. The lowest BCUT2D eigenvalue weighted by Crippen LogP contribution is -2.40. The average Bonchev–Trinajstić information content (AvgIpc) is 3.13. The standard InChI is InChI=1S/C20H34N4O3/c1-6-21-20(24-8-7-17(13-24)14-27-10-9-25-4)23-12-18-16(3)19(26-5)15(2)11-22-18/h11,17H,6-10,12-14H2,1-5H3,(H,21,23). The number of methoxy groups -OCH3 is 2. The Labute approximate surface area is 163 Å². The summed E-state index contributed by atoms with van der Waals surface area (Å²) in [6.07, 6.45) is 2.97. The van der Waals surface area contributed by atoms with Gasteiger partial charge in [0.1, 0.15) is 5.75 Å². The SMILES string of the molecule is CCNC(=NCc1ncc(C)c(OC)c1C)N1CCC(COCCOC)C1. The van der Waals surface area contributed by atoms with Crippen molar-refractivity contribution in [3.8, 4) is 5.75 Å². The maximum absolute atomic E-state index is 5.69. The van der Waals surface area contributed by atoms with E-state index in [1.165, 1.54) is 0 Å². The number of nitrogens with one attached hydrogen (secondary N) is 1. The molecule has 1 atom stereocenters. The van der Waals surface area contributed by atoms with Gasteiger partial charge in [-0.15, -0.1) is 0 Å². The van der Waals surface area contributed by atoms with Gasteiger partial charge in [-0.2, -0.15) is 0 Å². The predicted octanol–water partition coefficient (Wildman–Crippen LogP) is 2.16. The highest BCUT2D eigenvalue weighted by Crippen LogP contribution is 2.24. The molecule has 7 nitrogen and oxygen atoms in total. The van der Waals surface area contributed by atoms with Crippen molar-refractivity contribution in [2.75, 3.05) is 53.7 Å². The van der Waals surface area contributed by atoms with E-state index >= 15 is 0 Å². The van der Waals surface area contributed by atoms with Gasteiger partial charge in [0.2, 0.25) is 0 Å². The molecule has 0 aromatic carbocycles. The van der Waals surface area contributed by atoms with E-state index in [0.717, 1.165) is 61.2 Å². The molecule has 7 heteroatoms. The third-order valence-electron chi connectivity index (χ3n) is 4.83. The molecule has 0 saturated carbocycles. The fourth-order valence-corrected chi connectivity index (χ4v) is 3.36. The molecule has 1 aromatic heterocycles. The Bertz CT molecular complexity index is 621. The summed E-state index contributed by atoms with van der Waals surface area (Å²) in [7, 11) is 3.39. The van der Waals surface area contributed by atoms with Crippen LogP contribution >= 0.6 is 0 Å². The lowest BCUT2D eigenvalue weighted by Gasteiger charge is -2.22. The van der Waals surface area contributed by atoms with E-state index in [4.69, 9.17) is 19.2 Å². The summed E-state index contributed by atoms with van der Waals surface area (Å²) in [6, 6.07) is 0. The molecule has 0 spiro atoms. The van der Waals surface area contributed by atoms with Crippen LogP contribution in [0.15, 0.2) is 11.2 Å². The molecule has 2 rings (SSSR count). The number of aryl methyl sites for hydroxylation is 1. The van der Waals surface area contributed by atoms with E-state index in [1.54, 1.807) is 14.2 Å². The first-order valence-electron chi connectivity index (χ1n) is 9.69. The zero-order chi connectivity index (χ0) is 19.6. The fourth-order valence-electron chi connectivity index (χ4n) is 3.36. The van der Waals surface area contributed by atoms with Crippen molar-refractivity contribution in [3.63, 3.8) is 0 Å². The molecule has 1 aliphatic heterocycles. The third-order valence-corrected chi connectivity index (χ3v) is 4.83. The van der Waals surface area contributed by atoms with Gasteiger partial charge >= 0.3 is 0 Å². The summed E-state index contributed by atoms with van der Waals surface area (Å²) in [4.78, 5) is 11.7. The van der Waals surface area contributed by atoms with Gasteiger partial charge in [0.25, 0.3) is 0 Å². The van der Waals surface area contributed by atoms with Gasteiger partial charge in [-0.3, -0.25) is 4.98 Å². The van der Waals surface area contributed by atoms with Gasteiger partial charge in [0.15, 0.2) is 5.96 Å². The lowest BCUT2D eigenvalue weighted by atomic mass is 10.1. The third kappa shape index (κ3) is 6.07. The van der Waals surface area contributed by atoms with Crippen molar-refractivity contribution in [2.24, 2.45) is 10.9 Å². The van der Waals surface area contributed by atoms with Crippen LogP contribution in [-0.2, 0) is 16.0 Å². The molecule has 1 aliphatic rings. The van der Waals surface area contributed by atoms with E-state index in [-0.39, 0.29) is 0 Å². The first-order chi connectivity index (χ1) is 13.1. The normalized spacial score (nSPS) is 17.4. The van der Waals surface area contributed by atoms with Crippen molar-refractivity contribution in [2.45, 2.75) is 33.7 Å². The average molecular weight is 379 g/mol. The van der Waals surface area contributed by atoms with Crippen LogP contribution in [0, 0.1) is 19.8 Å². The zero-order valence-electron chi connectivity index (χ0n) is 17.4. The van der Waals surface area contributed by atoms with Crippen LogP contribution in [0.25, 0.3) is 0 Å². The fraction of sp³-hybridized carbons (Fsp3) is 0.700. The number of aromatic nitrogens is 1. The molecular formula is C20H34N4O3. The summed E-state index contributed by atoms with van der Waals surface area (Å²) in [6.45, 7) is 11.5. The van der Waals surface area contributed by atoms with Crippen LogP contribution < -0.4 is 10.1 Å². The zero-order valence-corrected chi connectivity index (χ0v) is 17.4. The molecule has 1 saturated heterocycles. The minimum absolute atomic E-state index is 0.532. The van der Waals surface area contributed by atoms with Crippen LogP contribution in [0.2, 0.25) is 0 Å². The monoisotopic (exact) mass is 378 g/mol. The molecule has 27 heavy (non-hydrogen) atoms. The molecule has 0 radical (unpaired) electrons. The molecular weight excluding hydrogens is 344 g/mol. The number of hydrogen-bond donors (Lipinski definition) is 1. The summed E-state index contributed by atoms with van der Waals surface area (Å²) in [5.41, 5.74) is 3.06. The predicted molar refractivity (Wildman–Crippen MR) is 107 cm³/mol. The summed E-state index contributed by atoms with van der Waals surface area (Å²) >= 11 is 0. The van der Waals surface area contributed by atoms with Crippen molar-refractivity contribution in [1.82, 2.24) is 15.2 Å². The summed E-state index contributed by atoms with van der Waals surface area (Å²) < 4.78 is 16.2. The highest BCUT2D eigenvalue weighted by Gasteiger charge is 2.25. The number of pyridine rings is 1. The minimum atomic E-state index is 0.532. The van der Waals surface area contributed by atoms with Gasteiger partial charge in [-0.1, -0.05) is 0 Å². The van der Waals surface area contributed by atoms with Crippen LogP contribution in [0.1, 0.15) is 30.2 Å². The van der Waals surface area contributed by atoms with E-state index in [2.05, 4.69) is 22.1 Å². The van der Waals surface area contributed by atoms with E-state index < -0.39 is 0 Å². The molecule has 1 fully saturated rings.